The highest BCUT2D eigenvalue weighted by molar-refractivity contribution is 7.10. The van der Waals surface area contributed by atoms with Gasteiger partial charge in [0.25, 0.3) is 0 Å². The summed E-state index contributed by atoms with van der Waals surface area (Å²) in [5, 5.41) is 5.52. The molecule has 0 spiro atoms. The summed E-state index contributed by atoms with van der Waals surface area (Å²) in [5.41, 5.74) is 0.639. The van der Waals surface area contributed by atoms with E-state index in [0.29, 0.717) is 5.56 Å². The number of hydrogen-bond acceptors (Lipinski definition) is 2. The molecule has 1 aromatic carbocycles. The van der Waals surface area contributed by atoms with Gasteiger partial charge in [0.1, 0.15) is 11.6 Å². The number of thiophene rings is 1. The van der Waals surface area contributed by atoms with Gasteiger partial charge in [0.15, 0.2) is 0 Å². The molecule has 0 aliphatic heterocycles. The second kappa shape index (κ2) is 6.95. The van der Waals surface area contributed by atoms with E-state index in [1.807, 2.05) is 18.4 Å². The molecular formula is C16H19F2NS. The summed E-state index contributed by atoms with van der Waals surface area (Å²) >= 11 is 1.70. The molecule has 0 saturated carbocycles. The van der Waals surface area contributed by atoms with Gasteiger partial charge in [-0.05, 0) is 42.5 Å². The highest BCUT2D eigenvalue weighted by atomic mass is 32.1. The van der Waals surface area contributed by atoms with Gasteiger partial charge in [-0.2, -0.15) is 0 Å². The minimum atomic E-state index is -0.531. The third-order valence-electron chi connectivity index (χ3n) is 3.30. The van der Waals surface area contributed by atoms with E-state index in [0.717, 1.165) is 18.9 Å². The number of hydrogen-bond donors (Lipinski definition) is 1. The van der Waals surface area contributed by atoms with Gasteiger partial charge in [0.05, 0.1) is 0 Å². The lowest BCUT2D eigenvalue weighted by Crippen LogP contribution is -2.24. The first kappa shape index (κ1) is 15.1. The second-order valence-electron chi connectivity index (χ2n) is 4.95. The van der Waals surface area contributed by atoms with Gasteiger partial charge in [0, 0.05) is 23.0 Å². The van der Waals surface area contributed by atoms with Crippen molar-refractivity contribution in [3.63, 3.8) is 0 Å². The molecule has 0 amide bonds. The Bertz CT molecular complexity index is 519. The molecule has 1 N–H and O–H groups in total. The van der Waals surface area contributed by atoms with E-state index in [-0.39, 0.29) is 12.1 Å². The Morgan fingerprint density at radius 3 is 2.45 bits per heavy atom. The first-order chi connectivity index (χ1) is 9.60. The van der Waals surface area contributed by atoms with Crippen LogP contribution in [0.3, 0.4) is 0 Å². The minimum absolute atomic E-state index is 0.0983. The fraction of sp³-hybridized carbons (Fsp3) is 0.375. The quantitative estimate of drug-likeness (QED) is 0.770. The first-order valence-electron chi connectivity index (χ1n) is 6.85. The third-order valence-corrected chi connectivity index (χ3v) is 4.29. The molecule has 1 aromatic heterocycles. The van der Waals surface area contributed by atoms with Crippen molar-refractivity contribution in [3.05, 3.63) is 57.8 Å². The van der Waals surface area contributed by atoms with Crippen molar-refractivity contribution >= 4 is 11.3 Å². The largest absolute Gasteiger partial charge is 0.303 e. The fourth-order valence-corrected chi connectivity index (χ4v) is 3.13. The smallest absolute Gasteiger partial charge is 0.126 e. The molecule has 0 aliphatic rings. The lowest BCUT2D eigenvalue weighted by Gasteiger charge is -2.22. The average molecular weight is 295 g/mol. The maximum absolute atomic E-state index is 13.3. The van der Waals surface area contributed by atoms with Crippen molar-refractivity contribution in [2.75, 3.05) is 0 Å². The van der Waals surface area contributed by atoms with Crippen LogP contribution in [0.4, 0.5) is 8.78 Å². The summed E-state index contributed by atoms with van der Waals surface area (Å²) in [7, 11) is 0. The fourth-order valence-electron chi connectivity index (χ4n) is 2.31. The van der Waals surface area contributed by atoms with E-state index in [4.69, 9.17) is 0 Å². The van der Waals surface area contributed by atoms with E-state index < -0.39 is 11.6 Å². The highest BCUT2D eigenvalue weighted by Crippen LogP contribution is 2.27. The summed E-state index contributed by atoms with van der Waals surface area (Å²) < 4.78 is 26.6. The van der Waals surface area contributed by atoms with E-state index in [2.05, 4.69) is 18.3 Å². The van der Waals surface area contributed by atoms with Gasteiger partial charge in [-0.25, -0.2) is 8.78 Å². The highest BCUT2D eigenvalue weighted by Gasteiger charge is 2.16. The number of rotatable bonds is 6. The monoisotopic (exact) mass is 295 g/mol. The van der Waals surface area contributed by atoms with E-state index >= 15 is 0 Å². The Kier molecular flexibility index (Phi) is 5.26. The molecule has 1 nitrogen and oxygen atoms in total. The Morgan fingerprint density at radius 1 is 1.20 bits per heavy atom. The normalized spacial score (nSPS) is 14.2. The van der Waals surface area contributed by atoms with Crippen LogP contribution in [0.15, 0.2) is 35.7 Å². The number of nitrogens with one attached hydrogen (secondary N) is 1. The topological polar surface area (TPSA) is 12.0 Å². The molecule has 4 heteroatoms. The molecule has 0 saturated heterocycles. The zero-order valence-electron chi connectivity index (χ0n) is 11.7. The van der Waals surface area contributed by atoms with Crippen LogP contribution >= 0.6 is 11.3 Å². The van der Waals surface area contributed by atoms with E-state index in [9.17, 15) is 8.78 Å². The number of halogens is 2. The van der Waals surface area contributed by atoms with Crippen LogP contribution in [0.5, 0.6) is 0 Å². The van der Waals surface area contributed by atoms with Crippen LogP contribution in [0.25, 0.3) is 0 Å². The molecule has 2 unspecified atom stereocenters. The molecule has 2 atom stereocenters. The van der Waals surface area contributed by atoms with Gasteiger partial charge >= 0.3 is 0 Å². The van der Waals surface area contributed by atoms with Crippen molar-refractivity contribution in [3.8, 4) is 0 Å². The summed E-state index contributed by atoms with van der Waals surface area (Å²) in [6.07, 6.45) is 2.06. The minimum Gasteiger partial charge on any atom is -0.303 e. The van der Waals surface area contributed by atoms with Crippen molar-refractivity contribution in [1.82, 2.24) is 5.32 Å². The van der Waals surface area contributed by atoms with Crippen LogP contribution in [0.1, 0.15) is 49.2 Å². The SMILES string of the molecule is CCCC(NC(C)c1cc(F)cc(F)c1)c1cccs1. The summed E-state index contributed by atoms with van der Waals surface area (Å²) in [5.74, 6) is -1.06. The van der Waals surface area contributed by atoms with Crippen molar-refractivity contribution in [2.24, 2.45) is 0 Å². The van der Waals surface area contributed by atoms with Gasteiger partial charge in [-0.3, -0.25) is 0 Å². The molecule has 0 bridgehead atoms. The molecule has 108 valence electrons. The Morgan fingerprint density at radius 2 is 1.90 bits per heavy atom. The Balaban J connectivity index is 2.13. The molecule has 2 rings (SSSR count). The zero-order chi connectivity index (χ0) is 14.5. The lowest BCUT2D eigenvalue weighted by atomic mass is 10.0. The number of benzene rings is 1. The molecule has 0 aliphatic carbocycles. The van der Waals surface area contributed by atoms with Crippen molar-refractivity contribution in [2.45, 2.75) is 38.8 Å². The van der Waals surface area contributed by atoms with E-state index in [1.165, 1.54) is 17.0 Å². The van der Waals surface area contributed by atoms with Crippen LogP contribution in [0, 0.1) is 11.6 Å². The lowest BCUT2D eigenvalue weighted by molar-refractivity contribution is 0.441. The maximum Gasteiger partial charge on any atom is 0.126 e. The van der Waals surface area contributed by atoms with Crippen LogP contribution in [0.2, 0.25) is 0 Å². The van der Waals surface area contributed by atoms with Crippen molar-refractivity contribution < 1.29 is 8.78 Å². The van der Waals surface area contributed by atoms with Gasteiger partial charge in [0.2, 0.25) is 0 Å². The Labute approximate surface area is 122 Å². The summed E-state index contributed by atoms with van der Waals surface area (Å²) in [4.78, 5) is 1.26. The first-order valence-corrected chi connectivity index (χ1v) is 7.73. The summed E-state index contributed by atoms with van der Waals surface area (Å²) in [6, 6.07) is 7.92. The molecule has 1 heterocycles. The predicted octanol–water partition coefficient (Wildman–Crippen LogP) is 5.22. The molecular weight excluding hydrogens is 276 g/mol. The zero-order valence-corrected chi connectivity index (χ0v) is 12.5. The van der Waals surface area contributed by atoms with Gasteiger partial charge < -0.3 is 5.32 Å². The summed E-state index contributed by atoms with van der Waals surface area (Å²) in [6.45, 7) is 4.07. The standard InChI is InChI=1S/C16H19F2NS/c1-3-5-15(16-6-4-7-20-16)19-11(2)12-8-13(17)10-14(18)9-12/h4,6-11,15,19H,3,5H2,1-2H3. The van der Waals surface area contributed by atoms with E-state index in [1.54, 1.807) is 11.3 Å². The van der Waals surface area contributed by atoms with Crippen molar-refractivity contribution in [1.29, 1.82) is 0 Å². The average Bonchev–Trinajstić information content (AvgIpc) is 2.90. The molecule has 0 radical (unpaired) electrons. The maximum atomic E-state index is 13.3. The molecule has 2 aromatic rings. The van der Waals surface area contributed by atoms with Crippen LogP contribution < -0.4 is 5.32 Å². The third kappa shape index (κ3) is 3.87. The van der Waals surface area contributed by atoms with Crippen LogP contribution in [-0.2, 0) is 0 Å². The Hall–Kier alpha value is -1.26. The van der Waals surface area contributed by atoms with Crippen LogP contribution in [-0.4, -0.2) is 0 Å². The molecule has 20 heavy (non-hydrogen) atoms. The predicted molar refractivity (Wildman–Crippen MR) is 79.9 cm³/mol. The molecule has 0 fully saturated rings. The van der Waals surface area contributed by atoms with Gasteiger partial charge in [-0.15, -0.1) is 11.3 Å². The second-order valence-corrected chi connectivity index (χ2v) is 5.93. The van der Waals surface area contributed by atoms with Gasteiger partial charge in [-0.1, -0.05) is 19.4 Å².